The number of amides is 1. The third-order valence-electron chi connectivity index (χ3n) is 6.48. The summed E-state index contributed by atoms with van der Waals surface area (Å²) in [6.45, 7) is 4.74. The molecule has 1 amide bonds. The molecule has 2 fully saturated rings. The molecule has 2 saturated heterocycles. The molecular formula is C22H31FN4O3. The molecule has 0 radical (unpaired) electrons. The molecule has 0 unspecified atom stereocenters. The number of nitrogens with zero attached hydrogens (tertiary/aromatic N) is 3. The van der Waals surface area contributed by atoms with E-state index in [9.17, 15) is 9.18 Å². The number of hydrogen-bond acceptors (Lipinski definition) is 5. The lowest BCUT2D eigenvalue weighted by molar-refractivity contribution is -0.125. The van der Waals surface area contributed by atoms with E-state index in [1.165, 1.54) is 12.1 Å². The number of aromatic nitrogens is 2. The third-order valence-corrected chi connectivity index (χ3v) is 6.48. The van der Waals surface area contributed by atoms with Gasteiger partial charge >= 0.3 is 0 Å². The molecule has 164 valence electrons. The highest BCUT2D eigenvalue weighted by atomic mass is 19.1. The second-order valence-electron chi connectivity index (χ2n) is 8.67. The predicted molar refractivity (Wildman–Crippen MR) is 112 cm³/mol. The first-order valence-electron chi connectivity index (χ1n) is 10.7. The number of fused-ring (bicyclic) bond motifs is 3. The second kappa shape index (κ2) is 8.61. The van der Waals surface area contributed by atoms with E-state index < -0.39 is 0 Å². The van der Waals surface area contributed by atoms with Crippen LogP contribution in [0.5, 0.6) is 0 Å². The lowest BCUT2D eigenvalue weighted by Gasteiger charge is -2.40. The lowest BCUT2D eigenvalue weighted by Crippen LogP contribution is -2.52. The van der Waals surface area contributed by atoms with Crippen molar-refractivity contribution in [3.05, 3.63) is 29.7 Å². The van der Waals surface area contributed by atoms with Crippen LogP contribution in [0.25, 0.3) is 10.9 Å². The highest BCUT2D eigenvalue weighted by Gasteiger charge is 2.42. The van der Waals surface area contributed by atoms with Crippen LogP contribution in [0.1, 0.15) is 56.1 Å². The molecule has 2 aromatic rings. The first-order chi connectivity index (χ1) is 14.4. The van der Waals surface area contributed by atoms with E-state index in [0.717, 1.165) is 37.7 Å². The Morgan fingerprint density at radius 3 is 2.50 bits per heavy atom. The fourth-order valence-corrected chi connectivity index (χ4v) is 5.04. The van der Waals surface area contributed by atoms with Crippen molar-refractivity contribution in [3.63, 3.8) is 0 Å². The van der Waals surface area contributed by atoms with Crippen LogP contribution in [-0.2, 0) is 9.47 Å². The number of hydrogen-bond donors (Lipinski definition) is 1. The van der Waals surface area contributed by atoms with Crippen molar-refractivity contribution in [1.82, 2.24) is 20.0 Å². The van der Waals surface area contributed by atoms with Gasteiger partial charge in [0.1, 0.15) is 5.82 Å². The topological polar surface area (TPSA) is 68.6 Å². The summed E-state index contributed by atoms with van der Waals surface area (Å²) in [6, 6.07) is 5.47. The number of carbonyl (C=O) groups is 1. The van der Waals surface area contributed by atoms with Crippen LogP contribution in [0, 0.1) is 5.82 Å². The molecule has 7 nitrogen and oxygen atoms in total. The normalized spacial score (nSPS) is 24.3. The summed E-state index contributed by atoms with van der Waals surface area (Å²) in [6.07, 6.45) is 3.78. The van der Waals surface area contributed by atoms with E-state index in [2.05, 4.69) is 15.3 Å². The van der Waals surface area contributed by atoms with Crippen LogP contribution in [0.2, 0.25) is 0 Å². The van der Waals surface area contributed by atoms with Gasteiger partial charge in [-0.05, 0) is 57.7 Å². The van der Waals surface area contributed by atoms with Gasteiger partial charge in [-0.3, -0.25) is 14.4 Å². The standard InChI is InChI=1S/C22H31FN4O3/c1-13(2)27-19-8-5-14(23)9-18(19)21(25-27)22(28)24-15-10-16-6-7-17(11-15)26(16)12-20(29-3)30-4/h5,8-9,13,15-17,20H,6-7,10-12H2,1-4H3,(H,24,28)/t15-,16-,17+. The van der Waals surface area contributed by atoms with Gasteiger partial charge in [0.2, 0.25) is 0 Å². The zero-order chi connectivity index (χ0) is 21.4. The molecule has 2 aliphatic rings. The maximum atomic E-state index is 13.9. The van der Waals surface area contributed by atoms with Crippen molar-refractivity contribution in [2.24, 2.45) is 0 Å². The molecule has 0 aliphatic carbocycles. The maximum Gasteiger partial charge on any atom is 0.272 e. The number of ether oxygens (including phenoxy) is 2. The van der Waals surface area contributed by atoms with Gasteiger partial charge < -0.3 is 14.8 Å². The van der Waals surface area contributed by atoms with E-state index >= 15 is 0 Å². The number of carbonyl (C=O) groups excluding carboxylic acids is 1. The Balaban J connectivity index is 1.49. The molecule has 1 aromatic heterocycles. The molecule has 4 rings (SSSR count). The van der Waals surface area contributed by atoms with Crippen molar-refractivity contribution in [3.8, 4) is 0 Å². The Morgan fingerprint density at radius 2 is 1.90 bits per heavy atom. The highest BCUT2D eigenvalue weighted by Crippen LogP contribution is 2.36. The lowest BCUT2D eigenvalue weighted by atomic mass is 9.97. The summed E-state index contributed by atoms with van der Waals surface area (Å²) in [5.74, 6) is -0.591. The molecule has 0 saturated carbocycles. The van der Waals surface area contributed by atoms with Gasteiger partial charge in [-0.15, -0.1) is 0 Å². The van der Waals surface area contributed by atoms with Crippen molar-refractivity contribution >= 4 is 16.8 Å². The first kappa shape index (κ1) is 21.2. The Hall–Kier alpha value is -2.03. The fourth-order valence-electron chi connectivity index (χ4n) is 5.04. The van der Waals surface area contributed by atoms with Crippen LogP contribution in [-0.4, -0.2) is 65.8 Å². The Labute approximate surface area is 176 Å². The summed E-state index contributed by atoms with van der Waals surface area (Å²) in [7, 11) is 3.32. The molecule has 30 heavy (non-hydrogen) atoms. The summed E-state index contributed by atoms with van der Waals surface area (Å²) in [4.78, 5) is 15.6. The first-order valence-corrected chi connectivity index (χ1v) is 10.7. The van der Waals surface area contributed by atoms with E-state index in [0.29, 0.717) is 23.2 Å². The summed E-state index contributed by atoms with van der Waals surface area (Å²) in [5, 5.41) is 8.26. The average molecular weight is 419 g/mol. The van der Waals surface area contributed by atoms with Gasteiger partial charge in [-0.2, -0.15) is 5.10 Å². The van der Waals surface area contributed by atoms with Crippen molar-refractivity contribution in [2.45, 2.75) is 70.0 Å². The predicted octanol–water partition coefficient (Wildman–Crippen LogP) is 3.10. The highest BCUT2D eigenvalue weighted by molar-refractivity contribution is 6.05. The van der Waals surface area contributed by atoms with Gasteiger partial charge in [0.15, 0.2) is 12.0 Å². The summed E-state index contributed by atoms with van der Waals surface area (Å²) < 4.78 is 26.4. The minimum absolute atomic E-state index is 0.0770. The Kier molecular flexibility index (Phi) is 6.09. The molecule has 3 heterocycles. The molecule has 2 aliphatic heterocycles. The second-order valence-corrected chi connectivity index (χ2v) is 8.67. The fraction of sp³-hybridized carbons (Fsp3) is 0.636. The Morgan fingerprint density at radius 1 is 1.23 bits per heavy atom. The molecule has 1 N–H and O–H groups in total. The number of methoxy groups -OCH3 is 2. The third kappa shape index (κ3) is 3.96. The van der Waals surface area contributed by atoms with E-state index in [-0.39, 0.29) is 30.1 Å². The summed E-state index contributed by atoms with van der Waals surface area (Å²) >= 11 is 0. The molecular weight excluding hydrogens is 387 g/mol. The van der Waals surface area contributed by atoms with Crippen LogP contribution in [0.15, 0.2) is 18.2 Å². The van der Waals surface area contributed by atoms with Crippen LogP contribution < -0.4 is 5.32 Å². The van der Waals surface area contributed by atoms with Crippen molar-refractivity contribution < 1.29 is 18.7 Å². The van der Waals surface area contributed by atoms with Crippen molar-refractivity contribution in [1.29, 1.82) is 0 Å². The van der Waals surface area contributed by atoms with Crippen LogP contribution >= 0.6 is 0 Å². The minimum Gasteiger partial charge on any atom is -0.355 e. The molecule has 3 atom stereocenters. The molecule has 1 aromatic carbocycles. The van der Waals surface area contributed by atoms with Crippen LogP contribution in [0.4, 0.5) is 4.39 Å². The zero-order valence-corrected chi connectivity index (χ0v) is 18.1. The van der Waals surface area contributed by atoms with E-state index in [1.807, 2.05) is 13.8 Å². The number of rotatable bonds is 7. The van der Waals surface area contributed by atoms with E-state index in [1.54, 1.807) is 25.0 Å². The van der Waals surface area contributed by atoms with Crippen LogP contribution in [0.3, 0.4) is 0 Å². The summed E-state index contributed by atoms with van der Waals surface area (Å²) in [5.41, 5.74) is 1.07. The van der Waals surface area contributed by atoms with Crippen molar-refractivity contribution in [2.75, 3.05) is 20.8 Å². The van der Waals surface area contributed by atoms with E-state index in [4.69, 9.17) is 9.47 Å². The number of halogens is 1. The molecule has 8 heteroatoms. The number of nitrogens with one attached hydrogen (secondary N) is 1. The maximum absolute atomic E-state index is 13.9. The van der Waals surface area contributed by atoms with Gasteiger partial charge in [-0.25, -0.2) is 4.39 Å². The van der Waals surface area contributed by atoms with Gasteiger partial charge in [0.05, 0.1) is 12.1 Å². The largest absolute Gasteiger partial charge is 0.355 e. The zero-order valence-electron chi connectivity index (χ0n) is 18.1. The Bertz CT molecular complexity index is 897. The average Bonchev–Trinajstić information content (AvgIpc) is 3.20. The number of benzene rings is 1. The number of piperidine rings is 1. The minimum atomic E-state index is -0.364. The SMILES string of the molecule is COC(CN1[C@@H]2CC[C@H]1C[C@H](NC(=O)c1nn(C(C)C)c3ccc(F)cc13)C2)OC. The monoisotopic (exact) mass is 418 g/mol. The smallest absolute Gasteiger partial charge is 0.272 e. The van der Waals surface area contributed by atoms with Gasteiger partial charge in [0, 0.05) is 43.8 Å². The molecule has 0 spiro atoms. The van der Waals surface area contributed by atoms with Gasteiger partial charge in [-0.1, -0.05) is 0 Å². The molecule has 2 bridgehead atoms. The van der Waals surface area contributed by atoms with Gasteiger partial charge in [0.25, 0.3) is 5.91 Å². The quantitative estimate of drug-likeness (QED) is 0.700.